The number of aromatic carboxylic acids is 1. The zero-order valence-electron chi connectivity index (χ0n) is 10.5. The third-order valence-corrected chi connectivity index (χ3v) is 2.67. The maximum absolute atomic E-state index is 12.4. The zero-order chi connectivity index (χ0) is 15.4. The van der Waals surface area contributed by atoms with Crippen molar-refractivity contribution in [2.75, 3.05) is 0 Å². The number of pyridine rings is 1. The minimum atomic E-state index is -3.07. The van der Waals surface area contributed by atoms with Gasteiger partial charge < -0.3 is 9.84 Å². The molecule has 1 heterocycles. The largest absolute Gasteiger partial charge is 0.478 e. The second kappa shape index (κ2) is 5.96. The van der Waals surface area contributed by atoms with E-state index in [1.54, 1.807) is 0 Å². The summed E-state index contributed by atoms with van der Waals surface area (Å²) >= 11 is 0. The summed E-state index contributed by atoms with van der Waals surface area (Å²) in [5.74, 6) is -1.46. The van der Waals surface area contributed by atoms with Crippen molar-refractivity contribution in [3.05, 3.63) is 47.8 Å². The molecule has 0 aliphatic rings. The molecule has 0 bridgehead atoms. The molecule has 21 heavy (non-hydrogen) atoms. The average molecular weight is 290 g/mol. The number of nitrogens with zero attached hydrogens (tertiary/aromatic N) is 2. The number of carboxylic acid groups (broad SMARTS) is 1. The summed E-state index contributed by atoms with van der Waals surface area (Å²) in [7, 11) is 0. The first-order valence-electron chi connectivity index (χ1n) is 5.69. The summed E-state index contributed by atoms with van der Waals surface area (Å²) in [6.45, 7) is -3.07. The van der Waals surface area contributed by atoms with Crippen molar-refractivity contribution >= 4 is 5.97 Å². The quantitative estimate of drug-likeness (QED) is 0.936. The topological polar surface area (TPSA) is 83.2 Å². The molecule has 2 rings (SSSR count). The van der Waals surface area contributed by atoms with Gasteiger partial charge in [0, 0.05) is 23.5 Å². The number of hydrogen-bond donors (Lipinski definition) is 1. The van der Waals surface area contributed by atoms with Crippen molar-refractivity contribution in [3.63, 3.8) is 0 Å². The Hall–Kier alpha value is -3.01. The third kappa shape index (κ3) is 3.12. The van der Waals surface area contributed by atoms with Crippen LogP contribution in [0.3, 0.4) is 0 Å². The van der Waals surface area contributed by atoms with E-state index in [-0.39, 0.29) is 28.0 Å². The van der Waals surface area contributed by atoms with Gasteiger partial charge in [0.2, 0.25) is 0 Å². The number of benzene rings is 1. The first kappa shape index (κ1) is 14.4. The van der Waals surface area contributed by atoms with Crippen LogP contribution in [0.4, 0.5) is 8.78 Å². The first-order valence-corrected chi connectivity index (χ1v) is 5.69. The Morgan fingerprint density at radius 2 is 2.10 bits per heavy atom. The molecule has 0 unspecified atom stereocenters. The third-order valence-electron chi connectivity index (χ3n) is 2.67. The number of halogens is 2. The van der Waals surface area contributed by atoms with Crippen molar-refractivity contribution in [1.82, 2.24) is 4.98 Å². The molecule has 0 atom stereocenters. The Balaban J connectivity index is 2.66. The molecule has 1 N–H and O–H groups in total. The molecule has 0 saturated carbocycles. The average Bonchev–Trinajstić information content (AvgIpc) is 2.47. The lowest BCUT2D eigenvalue weighted by atomic mass is 9.99. The van der Waals surface area contributed by atoms with Gasteiger partial charge in [0.25, 0.3) is 0 Å². The maximum Gasteiger partial charge on any atom is 0.387 e. The lowest BCUT2D eigenvalue weighted by molar-refractivity contribution is -0.0494. The Bertz CT molecular complexity index is 726. The zero-order valence-corrected chi connectivity index (χ0v) is 10.5. The molecule has 0 amide bonds. The number of hydrogen-bond acceptors (Lipinski definition) is 4. The van der Waals surface area contributed by atoms with E-state index in [2.05, 4.69) is 9.72 Å². The normalized spacial score (nSPS) is 10.2. The summed E-state index contributed by atoms with van der Waals surface area (Å²) in [6, 6.07) is 6.87. The number of carbonyl (C=O) groups is 1. The molecule has 0 spiro atoms. The van der Waals surface area contributed by atoms with Gasteiger partial charge in [0.05, 0.1) is 17.2 Å². The highest BCUT2D eigenvalue weighted by Gasteiger charge is 2.18. The summed E-state index contributed by atoms with van der Waals surface area (Å²) in [6.07, 6.45) is 2.49. The van der Waals surface area contributed by atoms with Gasteiger partial charge >= 0.3 is 12.6 Å². The van der Waals surface area contributed by atoms with Crippen LogP contribution in [0.1, 0.15) is 15.9 Å². The monoisotopic (exact) mass is 290 g/mol. The van der Waals surface area contributed by atoms with Crippen molar-refractivity contribution in [1.29, 1.82) is 5.26 Å². The summed E-state index contributed by atoms with van der Waals surface area (Å²) in [4.78, 5) is 15.0. The van der Waals surface area contributed by atoms with Crippen LogP contribution in [-0.2, 0) is 0 Å². The van der Waals surface area contributed by atoms with E-state index in [1.807, 2.05) is 6.07 Å². The molecule has 0 fully saturated rings. The molecule has 1 aromatic heterocycles. The molecule has 0 radical (unpaired) electrons. The van der Waals surface area contributed by atoms with Gasteiger partial charge in [-0.2, -0.15) is 14.0 Å². The van der Waals surface area contributed by atoms with Gasteiger partial charge in [-0.15, -0.1) is 0 Å². The van der Waals surface area contributed by atoms with Crippen LogP contribution in [0.2, 0.25) is 0 Å². The standard InChI is InChI=1S/C14H8F2N2O3/c15-14(16)21-12-2-1-8(6-17)5-10(12)11-7-18-4-3-9(11)13(19)20/h1-5,7,14H,(H,19,20). The molecular weight excluding hydrogens is 282 g/mol. The fourth-order valence-electron chi connectivity index (χ4n) is 1.80. The molecule has 0 aliphatic heterocycles. The van der Waals surface area contributed by atoms with Crippen LogP contribution in [0.5, 0.6) is 5.75 Å². The summed E-state index contributed by atoms with van der Waals surface area (Å²) in [5, 5.41) is 18.0. The SMILES string of the molecule is N#Cc1ccc(OC(F)F)c(-c2cnccc2C(=O)O)c1. The second-order valence-corrected chi connectivity index (χ2v) is 3.93. The number of carboxylic acids is 1. The van der Waals surface area contributed by atoms with Crippen LogP contribution < -0.4 is 4.74 Å². The Kier molecular flexibility index (Phi) is 4.09. The van der Waals surface area contributed by atoms with E-state index in [4.69, 9.17) is 10.4 Å². The number of rotatable bonds is 4. The molecule has 2 aromatic rings. The predicted molar refractivity (Wildman–Crippen MR) is 68.0 cm³/mol. The summed E-state index contributed by atoms with van der Waals surface area (Å²) < 4.78 is 29.2. The van der Waals surface area contributed by atoms with Gasteiger partial charge in [-0.3, -0.25) is 4.98 Å². The van der Waals surface area contributed by atoms with Crippen molar-refractivity contribution < 1.29 is 23.4 Å². The maximum atomic E-state index is 12.4. The lowest BCUT2D eigenvalue weighted by Crippen LogP contribution is -2.05. The van der Waals surface area contributed by atoms with Crippen LogP contribution in [0, 0.1) is 11.3 Å². The fourth-order valence-corrected chi connectivity index (χ4v) is 1.80. The van der Waals surface area contributed by atoms with E-state index in [0.717, 1.165) is 0 Å². The highest BCUT2D eigenvalue weighted by atomic mass is 19.3. The van der Waals surface area contributed by atoms with Crippen LogP contribution in [-0.4, -0.2) is 22.7 Å². The molecular formula is C14H8F2N2O3. The Labute approximate surface area is 118 Å². The predicted octanol–water partition coefficient (Wildman–Crippen LogP) is 2.92. The highest BCUT2D eigenvalue weighted by molar-refractivity contribution is 5.96. The van der Waals surface area contributed by atoms with Crippen LogP contribution >= 0.6 is 0 Å². The minimum absolute atomic E-state index is 0.0693. The molecule has 0 aliphatic carbocycles. The molecule has 7 heteroatoms. The van der Waals surface area contributed by atoms with Crippen LogP contribution in [0.25, 0.3) is 11.1 Å². The second-order valence-electron chi connectivity index (χ2n) is 3.93. The number of ether oxygens (including phenoxy) is 1. The van der Waals surface area contributed by atoms with Crippen molar-refractivity contribution in [2.45, 2.75) is 6.61 Å². The van der Waals surface area contributed by atoms with Gasteiger partial charge in [-0.25, -0.2) is 4.79 Å². The van der Waals surface area contributed by atoms with Gasteiger partial charge in [-0.05, 0) is 24.3 Å². The van der Waals surface area contributed by atoms with Gasteiger partial charge in [-0.1, -0.05) is 0 Å². The van der Waals surface area contributed by atoms with E-state index in [9.17, 15) is 13.6 Å². The number of alkyl halides is 2. The fraction of sp³-hybridized carbons (Fsp3) is 0.0714. The first-order chi connectivity index (χ1) is 10.0. The molecule has 106 valence electrons. The highest BCUT2D eigenvalue weighted by Crippen LogP contribution is 2.33. The number of aromatic nitrogens is 1. The van der Waals surface area contributed by atoms with E-state index < -0.39 is 12.6 Å². The van der Waals surface area contributed by atoms with Crippen molar-refractivity contribution in [3.8, 4) is 22.9 Å². The molecule has 1 aromatic carbocycles. The van der Waals surface area contributed by atoms with Gasteiger partial charge in [0.15, 0.2) is 0 Å². The van der Waals surface area contributed by atoms with Crippen LogP contribution in [0.15, 0.2) is 36.7 Å². The molecule has 0 saturated heterocycles. The summed E-state index contributed by atoms with van der Waals surface area (Å²) in [5.41, 5.74) is 0.226. The van der Waals surface area contributed by atoms with E-state index >= 15 is 0 Å². The molecule has 5 nitrogen and oxygen atoms in total. The Morgan fingerprint density at radius 1 is 1.33 bits per heavy atom. The van der Waals surface area contributed by atoms with Crippen molar-refractivity contribution in [2.24, 2.45) is 0 Å². The van der Waals surface area contributed by atoms with E-state index in [1.165, 1.54) is 36.7 Å². The van der Waals surface area contributed by atoms with Gasteiger partial charge in [0.1, 0.15) is 5.75 Å². The Morgan fingerprint density at radius 3 is 2.71 bits per heavy atom. The number of nitriles is 1. The van der Waals surface area contributed by atoms with E-state index in [0.29, 0.717) is 0 Å². The lowest BCUT2D eigenvalue weighted by Gasteiger charge is -2.12. The smallest absolute Gasteiger partial charge is 0.387 e. The minimum Gasteiger partial charge on any atom is -0.478 e.